The Bertz CT molecular complexity index is 131. The first-order chi connectivity index (χ1) is 3.18. The molecular weight excluding hydrogens is 90.1 g/mol. The molecule has 0 rings (SSSR count). The molecule has 0 aromatic heterocycles. The number of primary amides is 1. The number of carbonyl (C=O) groups is 1. The summed E-state index contributed by atoms with van der Waals surface area (Å²) in [5.41, 5.74) is 7.50. The van der Waals surface area contributed by atoms with Crippen LogP contribution in [0.5, 0.6) is 0 Å². The third kappa shape index (κ3) is 1.79. The normalized spacial score (nSPS) is 7.00. The Balaban J connectivity index is 4.10. The van der Waals surface area contributed by atoms with Gasteiger partial charge in [-0.05, 0) is 6.92 Å². The third-order valence-electron chi connectivity index (χ3n) is 0.635. The van der Waals surface area contributed by atoms with Crippen LogP contribution in [0, 0.1) is 0 Å². The number of nitrogens with two attached hydrogens (primary N) is 1. The monoisotopic (exact) mass is 97.1 g/mol. The van der Waals surface area contributed by atoms with Crippen LogP contribution in [0.1, 0.15) is 6.92 Å². The first kappa shape index (κ1) is 5.99. The van der Waals surface area contributed by atoms with Gasteiger partial charge in [0, 0.05) is 0 Å². The maximum absolute atomic E-state index is 10.0. The molecule has 38 valence electrons. The zero-order valence-corrected chi connectivity index (χ0v) is 4.19. The van der Waals surface area contributed by atoms with Crippen LogP contribution in [0.3, 0.4) is 0 Å². The van der Waals surface area contributed by atoms with E-state index in [1.54, 1.807) is 6.92 Å². The average molecular weight is 97.1 g/mol. The second-order valence-corrected chi connectivity index (χ2v) is 1.17. The lowest BCUT2D eigenvalue weighted by molar-refractivity contribution is -0.114. The Hall–Kier alpha value is -1.01. The average Bonchev–Trinajstić information content (AvgIpc) is 1.65. The molecule has 2 N–H and O–H groups in total. The van der Waals surface area contributed by atoms with E-state index in [1.165, 1.54) is 0 Å². The van der Waals surface area contributed by atoms with Crippen molar-refractivity contribution in [3.63, 3.8) is 0 Å². The molecule has 2 heteroatoms. The van der Waals surface area contributed by atoms with Gasteiger partial charge in [0.2, 0.25) is 0 Å². The highest BCUT2D eigenvalue weighted by Gasteiger charge is 1.90. The molecule has 0 unspecified atom stereocenters. The summed E-state index contributed by atoms with van der Waals surface area (Å²) in [5.74, 6) is -0.463. The molecule has 0 spiro atoms. The molecule has 0 heterocycles. The number of hydrogen-bond acceptors (Lipinski definition) is 1. The second-order valence-electron chi connectivity index (χ2n) is 1.17. The first-order valence-corrected chi connectivity index (χ1v) is 1.85. The summed E-state index contributed by atoms with van der Waals surface area (Å²) in [4.78, 5) is 10.0. The van der Waals surface area contributed by atoms with Gasteiger partial charge in [-0.15, -0.1) is 5.73 Å². The molecule has 0 aromatic carbocycles. The van der Waals surface area contributed by atoms with Crippen molar-refractivity contribution in [3.05, 3.63) is 17.9 Å². The molecule has 0 radical (unpaired) electrons. The number of carbonyl (C=O) groups excluding carboxylic acids is 1. The van der Waals surface area contributed by atoms with Crippen molar-refractivity contribution < 1.29 is 4.79 Å². The Morgan fingerprint density at radius 2 is 2.29 bits per heavy atom. The SMILES string of the molecule is C=C=C(C)C(N)=O. The molecule has 0 aromatic rings. The molecule has 0 saturated heterocycles. The lowest BCUT2D eigenvalue weighted by Crippen LogP contribution is -2.10. The fourth-order valence-corrected chi connectivity index (χ4v) is 0.0871. The van der Waals surface area contributed by atoms with Gasteiger partial charge in [-0.2, -0.15) is 0 Å². The van der Waals surface area contributed by atoms with E-state index in [1.807, 2.05) is 0 Å². The van der Waals surface area contributed by atoms with E-state index in [0.717, 1.165) is 0 Å². The van der Waals surface area contributed by atoms with E-state index in [0.29, 0.717) is 5.57 Å². The van der Waals surface area contributed by atoms with Crippen molar-refractivity contribution in [1.82, 2.24) is 0 Å². The minimum atomic E-state index is -0.463. The lowest BCUT2D eigenvalue weighted by atomic mass is 10.3. The minimum Gasteiger partial charge on any atom is -0.365 e. The molecule has 0 atom stereocenters. The zero-order valence-electron chi connectivity index (χ0n) is 4.19. The van der Waals surface area contributed by atoms with Crippen LogP contribution >= 0.6 is 0 Å². The van der Waals surface area contributed by atoms with Gasteiger partial charge in [-0.25, -0.2) is 0 Å². The highest BCUT2D eigenvalue weighted by atomic mass is 16.1. The maximum Gasteiger partial charge on any atom is 0.252 e. The standard InChI is InChI=1S/C5H7NO/c1-3-4(2)5(6)7/h1H2,2H3,(H2,6,7). The van der Waals surface area contributed by atoms with Crippen LogP contribution < -0.4 is 5.73 Å². The van der Waals surface area contributed by atoms with Crippen molar-refractivity contribution in [1.29, 1.82) is 0 Å². The van der Waals surface area contributed by atoms with Crippen LogP contribution in [0.15, 0.2) is 17.9 Å². The Morgan fingerprint density at radius 1 is 1.86 bits per heavy atom. The topological polar surface area (TPSA) is 43.1 Å². The highest BCUT2D eigenvalue weighted by Crippen LogP contribution is 1.81. The summed E-state index contributed by atoms with van der Waals surface area (Å²) >= 11 is 0. The Labute approximate surface area is 42.3 Å². The Kier molecular flexibility index (Phi) is 1.89. The first-order valence-electron chi connectivity index (χ1n) is 1.85. The van der Waals surface area contributed by atoms with Gasteiger partial charge in [-0.3, -0.25) is 4.79 Å². The van der Waals surface area contributed by atoms with E-state index < -0.39 is 5.91 Å². The van der Waals surface area contributed by atoms with E-state index in [2.05, 4.69) is 12.3 Å². The molecular formula is C5H7NO. The van der Waals surface area contributed by atoms with E-state index >= 15 is 0 Å². The lowest BCUT2D eigenvalue weighted by Gasteiger charge is -1.81. The van der Waals surface area contributed by atoms with Crippen LogP contribution in [0.4, 0.5) is 0 Å². The third-order valence-corrected chi connectivity index (χ3v) is 0.635. The van der Waals surface area contributed by atoms with Crippen LogP contribution in [0.25, 0.3) is 0 Å². The molecule has 0 saturated carbocycles. The molecule has 7 heavy (non-hydrogen) atoms. The van der Waals surface area contributed by atoms with E-state index in [-0.39, 0.29) is 0 Å². The fraction of sp³-hybridized carbons (Fsp3) is 0.200. The van der Waals surface area contributed by atoms with Crippen molar-refractivity contribution in [3.8, 4) is 0 Å². The summed E-state index contributed by atoms with van der Waals surface area (Å²) in [7, 11) is 0. The molecule has 2 nitrogen and oxygen atoms in total. The smallest absolute Gasteiger partial charge is 0.252 e. The molecule has 0 aliphatic rings. The van der Waals surface area contributed by atoms with Crippen LogP contribution in [-0.2, 0) is 4.79 Å². The van der Waals surface area contributed by atoms with Crippen molar-refractivity contribution in [2.75, 3.05) is 0 Å². The van der Waals surface area contributed by atoms with E-state index in [4.69, 9.17) is 5.73 Å². The van der Waals surface area contributed by atoms with Gasteiger partial charge in [-0.1, -0.05) is 6.58 Å². The predicted molar refractivity (Wildman–Crippen MR) is 27.5 cm³/mol. The molecule has 0 aliphatic carbocycles. The molecule has 0 fully saturated rings. The van der Waals surface area contributed by atoms with Crippen molar-refractivity contribution >= 4 is 5.91 Å². The van der Waals surface area contributed by atoms with Crippen LogP contribution in [-0.4, -0.2) is 5.91 Å². The summed E-state index contributed by atoms with van der Waals surface area (Å²) in [6.45, 7) is 4.78. The summed E-state index contributed by atoms with van der Waals surface area (Å²) in [6.07, 6.45) is 0. The minimum absolute atomic E-state index is 0.375. The fourth-order valence-electron chi connectivity index (χ4n) is 0.0871. The van der Waals surface area contributed by atoms with E-state index in [9.17, 15) is 4.79 Å². The molecule has 1 amide bonds. The van der Waals surface area contributed by atoms with Gasteiger partial charge in [0.25, 0.3) is 5.91 Å². The summed E-state index contributed by atoms with van der Waals surface area (Å²) in [5, 5.41) is 0. The summed E-state index contributed by atoms with van der Waals surface area (Å²) in [6, 6.07) is 0. The Morgan fingerprint density at radius 3 is 2.29 bits per heavy atom. The van der Waals surface area contributed by atoms with Gasteiger partial charge < -0.3 is 5.73 Å². The molecule has 0 aliphatic heterocycles. The zero-order chi connectivity index (χ0) is 5.86. The van der Waals surface area contributed by atoms with Gasteiger partial charge in [0.15, 0.2) is 0 Å². The summed E-state index contributed by atoms with van der Waals surface area (Å²) < 4.78 is 0. The number of amides is 1. The quantitative estimate of drug-likeness (QED) is 0.368. The van der Waals surface area contributed by atoms with Gasteiger partial charge in [0.05, 0.1) is 5.57 Å². The highest BCUT2D eigenvalue weighted by molar-refractivity contribution is 5.90. The second kappa shape index (κ2) is 2.21. The maximum atomic E-state index is 10.0. The van der Waals surface area contributed by atoms with Crippen LogP contribution in [0.2, 0.25) is 0 Å². The van der Waals surface area contributed by atoms with Gasteiger partial charge >= 0.3 is 0 Å². The largest absolute Gasteiger partial charge is 0.365 e. The van der Waals surface area contributed by atoms with Crippen molar-refractivity contribution in [2.45, 2.75) is 6.92 Å². The number of hydrogen-bond donors (Lipinski definition) is 1. The van der Waals surface area contributed by atoms with Crippen molar-refractivity contribution in [2.24, 2.45) is 5.73 Å². The molecule has 0 bridgehead atoms. The number of rotatable bonds is 1. The predicted octanol–water partition coefficient (Wildman–Crippen LogP) is 0.203. The van der Waals surface area contributed by atoms with Gasteiger partial charge in [0.1, 0.15) is 0 Å².